The molecule has 4 fully saturated rings. The van der Waals surface area contributed by atoms with Gasteiger partial charge in [-0.2, -0.15) is 0 Å². The predicted octanol–water partition coefficient (Wildman–Crippen LogP) is 5.65. The second-order valence-corrected chi connectivity index (χ2v) is 13.1. The van der Waals surface area contributed by atoms with Gasteiger partial charge in [0, 0.05) is 75.5 Å². The molecule has 260 valence electrons. The number of piperidine rings is 1. The third kappa shape index (κ3) is 7.06. The summed E-state index contributed by atoms with van der Waals surface area (Å²) in [6.45, 7) is 10.3. The summed E-state index contributed by atoms with van der Waals surface area (Å²) in [5.41, 5.74) is 2.27. The van der Waals surface area contributed by atoms with Gasteiger partial charge < -0.3 is 20.3 Å². The molecule has 3 aromatic rings. The van der Waals surface area contributed by atoms with Crippen molar-refractivity contribution in [2.45, 2.75) is 56.7 Å². The van der Waals surface area contributed by atoms with Crippen LogP contribution in [0.15, 0.2) is 55.4 Å². The van der Waals surface area contributed by atoms with Crippen LogP contribution in [0.4, 0.5) is 37.5 Å². The second kappa shape index (κ2) is 14.7. The Hall–Kier alpha value is -4.33. The molecule has 0 spiro atoms. The zero-order valence-electron chi connectivity index (χ0n) is 27.9. The summed E-state index contributed by atoms with van der Waals surface area (Å²) in [5, 5.41) is 7.77. The molecule has 0 bridgehead atoms. The Kier molecular flexibility index (Phi) is 9.92. The number of hydrogen-bond donors (Lipinski definition) is 2. The van der Waals surface area contributed by atoms with Gasteiger partial charge in [0.25, 0.3) is 0 Å². The number of piperazine rings is 1. The number of aromatic nitrogens is 2. The number of halogens is 2. The van der Waals surface area contributed by atoms with Crippen molar-refractivity contribution in [3.8, 4) is 5.75 Å². The van der Waals surface area contributed by atoms with Crippen LogP contribution in [-0.4, -0.2) is 90.7 Å². The molecule has 0 radical (unpaired) electrons. The minimum Gasteiger partial charge on any atom is -0.494 e. The Morgan fingerprint density at radius 1 is 0.959 bits per heavy atom. The van der Waals surface area contributed by atoms with Crippen LogP contribution < -0.4 is 25.3 Å². The lowest BCUT2D eigenvalue weighted by Crippen LogP contribution is -2.56. The topological polar surface area (TPSA) is 98.3 Å². The SMILES string of the molecule is C=CC(=O)Nc1cc(Nc2cc(N3OCCC3c3cccc(F)c3F)ncn2)c(OC)cc1N1CCC(N2CCN(C3CCC3)CC2)CC1. The molecule has 11 nitrogen and oxygen atoms in total. The van der Waals surface area contributed by atoms with Gasteiger partial charge in [0.1, 0.15) is 17.9 Å². The molecule has 1 aliphatic carbocycles. The predicted molar refractivity (Wildman–Crippen MR) is 185 cm³/mol. The second-order valence-electron chi connectivity index (χ2n) is 13.1. The van der Waals surface area contributed by atoms with E-state index in [1.54, 1.807) is 19.2 Å². The van der Waals surface area contributed by atoms with E-state index in [1.807, 2.05) is 12.1 Å². The van der Waals surface area contributed by atoms with Crippen molar-refractivity contribution in [1.82, 2.24) is 19.8 Å². The van der Waals surface area contributed by atoms with Gasteiger partial charge in [-0.15, -0.1) is 0 Å². The Labute approximate surface area is 285 Å². The molecule has 3 aliphatic heterocycles. The number of methoxy groups -OCH3 is 1. The van der Waals surface area contributed by atoms with E-state index >= 15 is 0 Å². The number of carbonyl (C=O) groups is 1. The van der Waals surface area contributed by atoms with E-state index in [0.717, 1.165) is 56.8 Å². The Bertz CT molecular complexity index is 1660. The highest BCUT2D eigenvalue weighted by Gasteiger charge is 2.34. The smallest absolute Gasteiger partial charge is 0.247 e. The zero-order valence-corrected chi connectivity index (χ0v) is 27.9. The van der Waals surface area contributed by atoms with Gasteiger partial charge >= 0.3 is 0 Å². The standard InChI is InChI=1S/C36H44F2N8O3/c1-3-35(47)42-28-20-29(41-33-22-34(40-23-39-33)46-30(12-19-49-46)26-8-5-9-27(37)36(26)38)32(48-2)21-31(28)45-13-10-25(11-14-45)44-17-15-43(16-18-44)24-6-4-7-24/h3,5,8-9,20-25,30H,1,4,6-7,10-19H2,2H3,(H,42,47)(H,39,40,41). The van der Waals surface area contributed by atoms with E-state index in [4.69, 9.17) is 9.57 Å². The van der Waals surface area contributed by atoms with Crippen LogP contribution in [0.25, 0.3) is 0 Å². The number of nitrogens with one attached hydrogen (secondary N) is 2. The maximum absolute atomic E-state index is 14.7. The summed E-state index contributed by atoms with van der Waals surface area (Å²) >= 11 is 0. The lowest BCUT2D eigenvalue weighted by molar-refractivity contribution is -0.111. The average Bonchev–Trinajstić information content (AvgIpc) is 3.59. The van der Waals surface area contributed by atoms with Crippen molar-refractivity contribution in [3.63, 3.8) is 0 Å². The number of ether oxygens (including phenoxy) is 1. The van der Waals surface area contributed by atoms with Crippen LogP contribution in [0, 0.1) is 11.6 Å². The molecule has 1 saturated carbocycles. The van der Waals surface area contributed by atoms with Crippen molar-refractivity contribution < 1.29 is 23.1 Å². The number of nitrogens with zero attached hydrogens (tertiary/aromatic N) is 6. The van der Waals surface area contributed by atoms with Gasteiger partial charge in [-0.1, -0.05) is 25.1 Å². The molecule has 49 heavy (non-hydrogen) atoms. The molecule has 7 rings (SSSR count). The number of hydrogen-bond acceptors (Lipinski definition) is 10. The fourth-order valence-electron chi connectivity index (χ4n) is 7.50. The molecule has 1 amide bonds. The quantitative estimate of drug-likeness (QED) is 0.263. The van der Waals surface area contributed by atoms with Crippen molar-refractivity contribution in [2.75, 3.05) is 73.6 Å². The normalized spacial score (nSPS) is 21.0. The molecular weight excluding hydrogens is 630 g/mol. The van der Waals surface area contributed by atoms with Crippen LogP contribution in [0.2, 0.25) is 0 Å². The number of hydroxylamine groups is 1. The minimum atomic E-state index is -0.911. The van der Waals surface area contributed by atoms with Crippen molar-refractivity contribution in [3.05, 3.63) is 72.6 Å². The molecule has 1 unspecified atom stereocenters. The van der Waals surface area contributed by atoms with E-state index in [0.29, 0.717) is 47.8 Å². The summed E-state index contributed by atoms with van der Waals surface area (Å²) < 4.78 is 34.6. The van der Waals surface area contributed by atoms with Gasteiger partial charge in [0.15, 0.2) is 17.5 Å². The Morgan fingerprint density at radius 3 is 2.37 bits per heavy atom. The molecule has 2 aromatic carbocycles. The first-order chi connectivity index (χ1) is 23.9. The molecule has 4 aliphatic rings. The molecule has 13 heteroatoms. The summed E-state index contributed by atoms with van der Waals surface area (Å²) in [6, 6.07) is 10.4. The van der Waals surface area contributed by atoms with Gasteiger partial charge in [0.2, 0.25) is 5.91 Å². The summed E-state index contributed by atoms with van der Waals surface area (Å²) in [7, 11) is 1.60. The van der Waals surface area contributed by atoms with Crippen LogP contribution in [-0.2, 0) is 9.63 Å². The number of rotatable bonds is 10. The van der Waals surface area contributed by atoms with E-state index in [1.165, 1.54) is 55.9 Å². The minimum absolute atomic E-state index is 0.195. The maximum Gasteiger partial charge on any atom is 0.247 e. The molecule has 3 saturated heterocycles. The van der Waals surface area contributed by atoms with Crippen LogP contribution in [0.3, 0.4) is 0 Å². The number of anilines is 5. The van der Waals surface area contributed by atoms with Gasteiger partial charge in [-0.05, 0) is 43.9 Å². The van der Waals surface area contributed by atoms with Crippen molar-refractivity contribution in [2.24, 2.45) is 0 Å². The molecule has 1 atom stereocenters. The molecule has 1 aromatic heterocycles. The fourth-order valence-corrected chi connectivity index (χ4v) is 7.50. The number of amides is 1. The zero-order chi connectivity index (χ0) is 33.9. The number of benzene rings is 2. The first kappa shape index (κ1) is 33.2. The lowest BCUT2D eigenvalue weighted by Gasteiger charge is -2.46. The van der Waals surface area contributed by atoms with E-state index < -0.39 is 17.7 Å². The first-order valence-corrected chi connectivity index (χ1v) is 17.3. The van der Waals surface area contributed by atoms with E-state index in [-0.39, 0.29) is 11.5 Å². The first-order valence-electron chi connectivity index (χ1n) is 17.3. The van der Waals surface area contributed by atoms with Gasteiger partial charge in [-0.3, -0.25) is 19.4 Å². The largest absolute Gasteiger partial charge is 0.494 e. The van der Waals surface area contributed by atoms with Crippen molar-refractivity contribution in [1.29, 1.82) is 0 Å². The third-order valence-electron chi connectivity index (χ3n) is 10.4. The fraction of sp³-hybridized carbons (Fsp3) is 0.472. The van der Waals surface area contributed by atoms with Gasteiger partial charge in [0.05, 0.1) is 36.8 Å². The van der Waals surface area contributed by atoms with Crippen LogP contribution in [0.1, 0.15) is 50.1 Å². The van der Waals surface area contributed by atoms with Gasteiger partial charge in [-0.25, -0.2) is 23.8 Å². The highest BCUT2D eigenvalue weighted by Crippen LogP contribution is 2.41. The lowest BCUT2D eigenvalue weighted by atomic mass is 9.91. The number of carbonyl (C=O) groups excluding carboxylic acids is 1. The van der Waals surface area contributed by atoms with Crippen LogP contribution >= 0.6 is 0 Å². The molecule has 2 N–H and O–H groups in total. The Morgan fingerprint density at radius 2 is 1.69 bits per heavy atom. The van der Waals surface area contributed by atoms with Crippen molar-refractivity contribution >= 4 is 34.6 Å². The summed E-state index contributed by atoms with van der Waals surface area (Å²) in [4.78, 5) is 34.8. The highest BCUT2D eigenvalue weighted by atomic mass is 19.2. The maximum atomic E-state index is 14.7. The van der Waals surface area contributed by atoms with E-state index in [9.17, 15) is 13.6 Å². The molecule has 4 heterocycles. The van der Waals surface area contributed by atoms with Crippen LogP contribution in [0.5, 0.6) is 5.75 Å². The third-order valence-corrected chi connectivity index (χ3v) is 10.4. The Balaban J connectivity index is 1.07. The van der Waals surface area contributed by atoms with E-state index in [2.05, 4.69) is 41.9 Å². The monoisotopic (exact) mass is 674 g/mol. The average molecular weight is 675 g/mol. The molecular formula is C36H44F2N8O3. The highest BCUT2D eigenvalue weighted by molar-refractivity contribution is 6.02. The summed E-state index contributed by atoms with van der Waals surface area (Å²) in [5.74, 6) is -0.761. The summed E-state index contributed by atoms with van der Waals surface area (Å²) in [6.07, 6.45) is 9.26.